The molecule has 0 saturated carbocycles. The van der Waals surface area contributed by atoms with Crippen molar-refractivity contribution in [3.05, 3.63) is 107 Å². The van der Waals surface area contributed by atoms with E-state index >= 15 is 0 Å². The number of fused-ring (bicyclic) bond motifs is 1. The number of nitrogens with zero attached hydrogens (tertiary/aromatic N) is 2. The van der Waals surface area contributed by atoms with Gasteiger partial charge in [-0.1, -0.05) is 78.9 Å². The summed E-state index contributed by atoms with van der Waals surface area (Å²) in [6.07, 6.45) is 5.75. The average Bonchev–Trinajstić information content (AvgIpc) is 3.77. The SMILES string of the molecule is O=C(NCCCN1CCCC1=O)c1c(C(c2ccccc2)c2ccccc2)c2ccccc2n1CCCC1CCNC1. The standard InChI is InChI=1S/C36H42N4O2/c41-32-19-10-23-39(32)24-11-21-38-36(42)35-34(33(28-13-3-1-4-14-28)29-15-5-2-6-16-29)30-17-7-8-18-31(30)40(35)25-9-12-27-20-22-37-26-27/h1-8,13-18,27,33,37H,9-12,19-26H2,(H,38,42). The minimum atomic E-state index is -0.0828. The third-order valence-electron chi connectivity index (χ3n) is 9.00. The van der Waals surface area contributed by atoms with Crippen molar-refractivity contribution in [1.82, 2.24) is 20.1 Å². The number of likely N-dealkylation sites (tertiary alicyclic amines) is 1. The van der Waals surface area contributed by atoms with Crippen LogP contribution < -0.4 is 10.6 Å². The second kappa shape index (κ2) is 13.4. The van der Waals surface area contributed by atoms with Gasteiger partial charge in [-0.2, -0.15) is 0 Å². The molecule has 0 aliphatic carbocycles. The second-order valence-corrected chi connectivity index (χ2v) is 11.8. The highest BCUT2D eigenvalue weighted by atomic mass is 16.2. The highest BCUT2D eigenvalue weighted by Crippen LogP contribution is 2.40. The van der Waals surface area contributed by atoms with Gasteiger partial charge in [-0.15, -0.1) is 0 Å². The maximum atomic E-state index is 14.3. The molecule has 2 fully saturated rings. The summed E-state index contributed by atoms with van der Waals surface area (Å²) in [5.41, 5.74) is 5.28. The zero-order valence-corrected chi connectivity index (χ0v) is 24.4. The van der Waals surface area contributed by atoms with Crippen LogP contribution in [-0.2, 0) is 11.3 Å². The van der Waals surface area contributed by atoms with E-state index in [-0.39, 0.29) is 17.7 Å². The minimum Gasteiger partial charge on any atom is -0.351 e. The van der Waals surface area contributed by atoms with Gasteiger partial charge < -0.3 is 20.1 Å². The molecule has 3 aromatic carbocycles. The lowest BCUT2D eigenvalue weighted by Crippen LogP contribution is -2.32. The van der Waals surface area contributed by atoms with E-state index in [9.17, 15) is 9.59 Å². The molecule has 6 heteroatoms. The molecule has 2 N–H and O–H groups in total. The molecular formula is C36H42N4O2. The van der Waals surface area contributed by atoms with Crippen LogP contribution in [0.4, 0.5) is 0 Å². The number of carbonyl (C=O) groups excluding carboxylic acids is 2. The van der Waals surface area contributed by atoms with Gasteiger partial charge in [-0.05, 0) is 68.3 Å². The van der Waals surface area contributed by atoms with Gasteiger partial charge in [0.15, 0.2) is 0 Å². The van der Waals surface area contributed by atoms with Crippen LogP contribution in [0.3, 0.4) is 0 Å². The molecule has 6 nitrogen and oxygen atoms in total. The minimum absolute atomic E-state index is 0.0339. The van der Waals surface area contributed by atoms with Crippen molar-refractivity contribution in [2.75, 3.05) is 32.7 Å². The van der Waals surface area contributed by atoms with Gasteiger partial charge in [0, 0.05) is 55.0 Å². The summed E-state index contributed by atoms with van der Waals surface area (Å²) in [5, 5.41) is 7.88. The molecule has 1 unspecified atom stereocenters. The van der Waals surface area contributed by atoms with Crippen molar-refractivity contribution >= 4 is 22.7 Å². The fraction of sp³-hybridized carbons (Fsp3) is 0.389. The van der Waals surface area contributed by atoms with Crippen LogP contribution in [0.5, 0.6) is 0 Å². The molecule has 2 amide bonds. The van der Waals surface area contributed by atoms with E-state index in [1.165, 1.54) is 17.5 Å². The summed E-state index contributed by atoms with van der Waals surface area (Å²) in [5.74, 6) is 0.821. The number of hydrogen-bond acceptors (Lipinski definition) is 3. The summed E-state index contributed by atoms with van der Waals surface area (Å²) in [4.78, 5) is 28.3. The first-order chi connectivity index (χ1) is 20.7. The van der Waals surface area contributed by atoms with Gasteiger partial charge in [-0.3, -0.25) is 9.59 Å². The fourth-order valence-corrected chi connectivity index (χ4v) is 6.91. The van der Waals surface area contributed by atoms with Crippen LogP contribution >= 0.6 is 0 Å². The van der Waals surface area contributed by atoms with Gasteiger partial charge in [-0.25, -0.2) is 0 Å². The maximum Gasteiger partial charge on any atom is 0.268 e. The second-order valence-electron chi connectivity index (χ2n) is 11.8. The van der Waals surface area contributed by atoms with Crippen LogP contribution in [0.2, 0.25) is 0 Å². The van der Waals surface area contributed by atoms with E-state index < -0.39 is 0 Å². The summed E-state index contributed by atoms with van der Waals surface area (Å²) in [7, 11) is 0. The van der Waals surface area contributed by atoms with Crippen molar-refractivity contribution in [2.24, 2.45) is 5.92 Å². The molecule has 0 radical (unpaired) electrons. The molecule has 2 aliphatic rings. The number of hydrogen-bond donors (Lipinski definition) is 2. The Morgan fingerprint density at radius 3 is 2.29 bits per heavy atom. The summed E-state index contributed by atoms with van der Waals surface area (Å²) < 4.78 is 2.28. The Bertz CT molecular complexity index is 1450. The molecule has 2 aliphatic heterocycles. The number of carbonyl (C=O) groups is 2. The molecule has 0 bridgehead atoms. The Morgan fingerprint density at radius 2 is 1.62 bits per heavy atom. The van der Waals surface area contributed by atoms with Crippen molar-refractivity contribution in [3.8, 4) is 0 Å². The first kappa shape index (κ1) is 28.2. The van der Waals surface area contributed by atoms with E-state index in [2.05, 4.69) is 88.0 Å². The number of nitrogens with one attached hydrogen (secondary N) is 2. The normalized spacial score (nSPS) is 17.0. The molecule has 4 aromatic rings. The van der Waals surface area contributed by atoms with Crippen molar-refractivity contribution < 1.29 is 9.59 Å². The monoisotopic (exact) mass is 562 g/mol. The molecule has 6 rings (SSSR count). The quantitative estimate of drug-likeness (QED) is 0.210. The lowest BCUT2D eigenvalue weighted by Gasteiger charge is -2.21. The van der Waals surface area contributed by atoms with Gasteiger partial charge in [0.1, 0.15) is 5.69 Å². The first-order valence-electron chi connectivity index (χ1n) is 15.7. The Labute approximate surface area is 249 Å². The summed E-state index contributed by atoms with van der Waals surface area (Å²) in [6.45, 7) is 5.07. The van der Waals surface area contributed by atoms with Crippen molar-refractivity contribution in [1.29, 1.82) is 0 Å². The molecule has 42 heavy (non-hydrogen) atoms. The van der Waals surface area contributed by atoms with Crippen LogP contribution in [0.1, 0.15) is 71.6 Å². The molecule has 0 spiro atoms. The van der Waals surface area contributed by atoms with Crippen LogP contribution in [0.25, 0.3) is 10.9 Å². The highest BCUT2D eigenvalue weighted by molar-refractivity contribution is 6.02. The molecular weight excluding hydrogens is 520 g/mol. The first-order valence-corrected chi connectivity index (χ1v) is 15.7. The summed E-state index contributed by atoms with van der Waals surface area (Å²) in [6, 6.07) is 29.6. The Hall–Kier alpha value is -3.90. The zero-order valence-electron chi connectivity index (χ0n) is 24.4. The average molecular weight is 563 g/mol. The molecule has 2 saturated heterocycles. The fourth-order valence-electron chi connectivity index (χ4n) is 6.91. The smallest absolute Gasteiger partial charge is 0.268 e. The number of aromatic nitrogens is 1. The number of rotatable bonds is 12. The largest absolute Gasteiger partial charge is 0.351 e. The van der Waals surface area contributed by atoms with E-state index in [1.807, 2.05) is 17.0 Å². The molecule has 218 valence electrons. The number of benzene rings is 3. The topological polar surface area (TPSA) is 66.4 Å². The molecule has 1 atom stereocenters. The highest BCUT2D eigenvalue weighted by Gasteiger charge is 2.30. The summed E-state index contributed by atoms with van der Waals surface area (Å²) >= 11 is 0. The zero-order chi connectivity index (χ0) is 28.7. The predicted molar refractivity (Wildman–Crippen MR) is 169 cm³/mol. The third kappa shape index (κ3) is 6.14. The lowest BCUT2D eigenvalue weighted by atomic mass is 9.83. The maximum absolute atomic E-state index is 14.3. The number of para-hydroxylation sites is 1. The van der Waals surface area contributed by atoms with E-state index in [4.69, 9.17) is 0 Å². The number of aryl methyl sites for hydroxylation is 1. The van der Waals surface area contributed by atoms with Crippen molar-refractivity contribution in [3.63, 3.8) is 0 Å². The van der Waals surface area contributed by atoms with Crippen LogP contribution in [0.15, 0.2) is 84.9 Å². The van der Waals surface area contributed by atoms with Gasteiger partial charge in [0.05, 0.1) is 0 Å². The molecule has 3 heterocycles. The van der Waals surface area contributed by atoms with E-state index in [0.29, 0.717) is 25.4 Å². The van der Waals surface area contributed by atoms with Gasteiger partial charge >= 0.3 is 0 Å². The lowest BCUT2D eigenvalue weighted by molar-refractivity contribution is -0.127. The van der Waals surface area contributed by atoms with Gasteiger partial charge in [0.25, 0.3) is 5.91 Å². The van der Waals surface area contributed by atoms with Crippen molar-refractivity contribution in [2.45, 2.75) is 51.0 Å². The Balaban J connectivity index is 1.38. The third-order valence-corrected chi connectivity index (χ3v) is 9.00. The Morgan fingerprint density at radius 1 is 0.905 bits per heavy atom. The van der Waals surface area contributed by atoms with Gasteiger partial charge in [0.2, 0.25) is 5.91 Å². The number of amides is 2. The predicted octanol–water partition coefficient (Wildman–Crippen LogP) is 5.95. The van der Waals surface area contributed by atoms with E-state index in [0.717, 1.165) is 74.0 Å². The van der Waals surface area contributed by atoms with Crippen LogP contribution in [0, 0.1) is 5.92 Å². The molecule has 1 aromatic heterocycles. The Kier molecular flexibility index (Phi) is 9.00. The van der Waals surface area contributed by atoms with E-state index in [1.54, 1.807) is 0 Å². The van der Waals surface area contributed by atoms with Crippen LogP contribution in [-0.4, -0.2) is 54.0 Å².